The van der Waals surface area contributed by atoms with Gasteiger partial charge in [0.05, 0.1) is 12.0 Å². The van der Waals surface area contributed by atoms with Gasteiger partial charge in [-0.3, -0.25) is 4.79 Å². The predicted molar refractivity (Wildman–Crippen MR) is 76.6 cm³/mol. The van der Waals surface area contributed by atoms with Gasteiger partial charge in [0.15, 0.2) is 5.82 Å². The van der Waals surface area contributed by atoms with E-state index in [2.05, 4.69) is 22.4 Å². The Balaban J connectivity index is 1.74. The number of nitrogens with zero attached hydrogens (tertiary/aromatic N) is 4. The van der Waals surface area contributed by atoms with Crippen LogP contribution in [0.5, 0.6) is 0 Å². The first-order valence-electron chi connectivity index (χ1n) is 8.07. The molecular weight excluding hydrogens is 268 g/mol. The van der Waals surface area contributed by atoms with E-state index in [0.717, 1.165) is 37.9 Å². The molecule has 0 amide bonds. The summed E-state index contributed by atoms with van der Waals surface area (Å²) in [5, 5.41) is 21.7. The van der Waals surface area contributed by atoms with Crippen LogP contribution in [0.4, 0.5) is 0 Å². The summed E-state index contributed by atoms with van der Waals surface area (Å²) in [7, 11) is 0. The smallest absolute Gasteiger partial charge is 0.311 e. The lowest BCUT2D eigenvalue weighted by molar-refractivity contribution is -0.153. The molecule has 0 radical (unpaired) electrons. The molecule has 116 valence electrons. The van der Waals surface area contributed by atoms with Gasteiger partial charge in [-0.1, -0.05) is 26.2 Å². The van der Waals surface area contributed by atoms with E-state index in [9.17, 15) is 9.90 Å². The molecule has 1 aromatic heterocycles. The summed E-state index contributed by atoms with van der Waals surface area (Å²) in [6.07, 6.45) is 8.09. The van der Waals surface area contributed by atoms with E-state index in [0.29, 0.717) is 18.4 Å². The Morgan fingerprint density at radius 2 is 2.05 bits per heavy atom. The fraction of sp³-hybridized carbons (Fsp3) is 0.867. The third-order valence-electron chi connectivity index (χ3n) is 5.44. The van der Waals surface area contributed by atoms with Crippen LogP contribution in [-0.2, 0) is 17.8 Å². The Kier molecular flexibility index (Phi) is 3.95. The summed E-state index contributed by atoms with van der Waals surface area (Å²) in [6.45, 7) is 2.62. The lowest BCUT2D eigenvalue weighted by atomic mass is 9.70. The average Bonchev–Trinajstić information content (AvgIpc) is 2.84. The van der Waals surface area contributed by atoms with Crippen LogP contribution in [0.1, 0.15) is 57.7 Å². The average molecular weight is 292 g/mol. The molecule has 1 heterocycles. The molecule has 2 aliphatic rings. The molecule has 6 heteroatoms. The van der Waals surface area contributed by atoms with Gasteiger partial charge in [-0.2, -0.15) is 0 Å². The molecule has 3 rings (SSSR count). The lowest BCUT2D eigenvalue weighted by Crippen LogP contribution is -2.39. The van der Waals surface area contributed by atoms with Crippen molar-refractivity contribution >= 4 is 5.97 Å². The number of rotatable bonds is 5. The molecule has 1 aromatic rings. The number of carboxylic acids is 1. The Labute approximate surface area is 124 Å². The van der Waals surface area contributed by atoms with Crippen molar-refractivity contribution in [1.82, 2.24) is 20.2 Å². The van der Waals surface area contributed by atoms with Crippen molar-refractivity contribution in [3.05, 3.63) is 5.82 Å². The Bertz CT molecular complexity index is 502. The number of hydrogen-bond acceptors (Lipinski definition) is 4. The lowest BCUT2D eigenvalue weighted by Gasteiger charge is -2.35. The first-order chi connectivity index (χ1) is 10.1. The summed E-state index contributed by atoms with van der Waals surface area (Å²) in [6, 6.07) is 0. The maximum absolute atomic E-state index is 11.8. The quantitative estimate of drug-likeness (QED) is 0.900. The molecule has 21 heavy (non-hydrogen) atoms. The molecule has 0 saturated heterocycles. The topological polar surface area (TPSA) is 80.9 Å². The van der Waals surface area contributed by atoms with Crippen LogP contribution in [0.15, 0.2) is 0 Å². The van der Waals surface area contributed by atoms with Crippen LogP contribution < -0.4 is 0 Å². The zero-order chi connectivity index (χ0) is 14.9. The van der Waals surface area contributed by atoms with Crippen molar-refractivity contribution in [2.45, 2.75) is 64.8 Å². The predicted octanol–water partition coefficient (Wildman–Crippen LogP) is 2.30. The van der Waals surface area contributed by atoms with Crippen LogP contribution in [0.2, 0.25) is 0 Å². The zero-order valence-corrected chi connectivity index (χ0v) is 12.7. The normalized spacial score (nSPS) is 30.0. The molecular formula is C15H24N4O2. The van der Waals surface area contributed by atoms with E-state index in [1.165, 1.54) is 19.3 Å². The minimum atomic E-state index is -0.695. The van der Waals surface area contributed by atoms with Gasteiger partial charge in [0.1, 0.15) is 0 Å². The molecule has 0 aromatic carbocycles. The molecule has 6 nitrogen and oxygen atoms in total. The molecule has 2 fully saturated rings. The van der Waals surface area contributed by atoms with Gasteiger partial charge in [0.25, 0.3) is 0 Å². The number of tetrazole rings is 1. The Morgan fingerprint density at radius 1 is 1.33 bits per heavy atom. The van der Waals surface area contributed by atoms with Gasteiger partial charge in [-0.05, 0) is 47.9 Å². The fourth-order valence-electron chi connectivity index (χ4n) is 3.49. The third-order valence-corrected chi connectivity index (χ3v) is 5.44. The molecule has 0 aliphatic heterocycles. The van der Waals surface area contributed by atoms with Gasteiger partial charge in [0, 0.05) is 6.42 Å². The summed E-state index contributed by atoms with van der Waals surface area (Å²) in [5.41, 5.74) is -0.684. The van der Waals surface area contributed by atoms with Gasteiger partial charge < -0.3 is 5.11 Å². The maximum atomic E-state index is 11.8. The standard InChI is InChI=1S/C15H24N4O2/c1-11-5-7-15(8-6-11,14(20)21)10-19-13(16-17-18-19)9-12-3-2-4-12/h11-12H,2-10H2,1H3,(H,20,21). The van der Waals surface area contributed by atoms with E-state index < -0.39 is 11.4 Å². The van der Waals surface area contributed by atoms with E-state index in [1.54, 1.807) is 4.68 Å². The van der Waals surface area contributed by atoms with Crippen LogP contribution in [0.3, 0.4) is 0 Å². The first kappa shape index (κ1) is 14.5. The highest BCUT2D eigenvalue weighted by Crippen LogP contribution is 2.40. The van der Waals surface area contributed by atoms with Crippen LogP contribution in [0, 0.1) is 17.3 Å². The second-order valence-electron chi connectivity index (χ2n) is 7.02. The number of aromatic nitrogens is 4. The summed E-state index contributed by atoms with van der Waals surface area (Å²) >= 11 is 0. The SMILES string of the molecule is CC1CCC(Cn2nnnc2CC2CCC2)(C(=O)O)CC1. The van der Waals surface area contributed by atoms with Crippen LogP contribution in [0.25, 0.3) is 0 Å². The molecule has 1 N–H and O–H groups in total. The minimum absolute atomic E-state index is 0.421. The van der Waals surface area contributed by atoms with E-state index in [-0.39, 0.29) is 0 Å². The summed E-state index contributed by atoms with van der Waals surface area (Å²) in [5.74, 6) is 1.47. The first-order valence-corrected chi connectivity index (χ1v) is 8.07. The van der Waals surface area contributed by atoms with Crippen molar-refractivity contribution in [3.63, 3.8) is 0 Å². The van der Waals surface area contributed by atoms with Crippen LogP contribution >= 0.6 is 0 Å². The van der Waals surface area contributed by atoms with Crippen molar-refractivity contribution in [2.24, 2.45) is 17.3 Å². The van der Waals surface area contributed by atoms with Crippen molar-refractivity contribution in [1.29, 1.82) is 0 Å². The Morgan fingerprint density at radius 3 is 2.62 bits per heavy atom. The van der Waals surface area contributed by atoms with Crippen LogP contribution in [-0.4, -0.2) is 31.3 Å². The van der Waals surface area contributed by atoms with E-state index >= 15 is 0 Å². The summed E-state index contributed by atoms with van der Waals surface area (Å²) < 4.78 is 1.75. The second kappa shape index (κ2) is 5.73. The van der Waals surface area contributed by atoms with Gasteiger partial charge in [-0.25, -0.2) is 4.68 Å². The van der Waals surface area contributed by atoms with Gasteiger partial charge in [0.2, 0.25) is 0 Å². The fourth-order valence-corrected chi connectivity index (χ4v) is 3.49. The Hall–Kier alpha value is -1.46. The highest BCUT2D eigenvalue weighted by molar-refractivity contribution is 5.74. The van der Waals surface area contributed by atoms with Gasteiger partial charge in [-0.15, -0.1) is 5.10 Å². The molecule has 2 aliphatic carbocycles. The molecule has 0 atom stereocenters. The van der Waals surface area contributed by atoms with Crippen molar-refractivity contribution in [3.8, 4) is 0 Å². The molecule has 0 spiro atoms. The molecule has 2 saturated carbocycles. The highest BCUT2D eigenvalue weighted by atomic mass is 16.4. The number of aliphatic carboxylic acids is 1. The monoisotopic (exact) mass is 292 g/mol. The molecule has 0 unspecified atom stereocenters. The number of hydrogen-bond donors (Lipinski definition) is 1. The van der Waals surface area contributed by atoms with E-state index in [4.69, 9.17) is 0 Å². The van der Waals surface area contributed by atoms with Crippen molar-refractivity contribution in [2.75, 3.05) is 0 Å². The molecule has 0 bridgehead atoms. The zero-order valence-electron chi connectivity index (χ0n) is 12.7. The van der Waals surface area contributed by atoms with Crippen molar-refractivity contribution < 1.29 is 9.90 Å². The van der Waals surface area contributed by atoms with Gasteiger partial charge >= 0.3 is 5.97 Å². The second-order valence-corrected chi connectivity index (χ2v) is 7.02. The number of carbonyl (C=O) groups is 1. The largest absolute Gasteiger partial charge is 0.481 e. The highest BCUT2D eigenvalue weighted by Gasteiger charge is 2.42. The third kappa shape index (κ3) is 2.94. The number of carboxylic acid groups (broad SMARTS) is 1. The minimum Gasteiger partial charge on any atom is -0.481 e. The summed E-state index contributed by atoms with van der Waals surface area (Å²) in [4.78, 5) is 11.8. The van der Waals surface area contributed by atoms with E-state index in [1.807, 2.05) is 0 Å². The maximum Gasteiger partial charge on any atom is 0.311 e.